The summed E-state index contributed by atoms with van der Waals surface area (Å²) in [5.41, 5.74) is 2.10. The maximum absolute atomic E-state index is 12.2. The molecule has 1 amide bonds. The second-order valence-electron chi connectivity index (χ2n) is 7.13. The van der Waals surface area contributed by atoms with Crippen LogP contribution < -0.4 is 5.32 Å². The Labute approximate surface area is 145 Å². The van der Waals surface area contributed by atoms with E-state index in [1.54, 1.807) is 6.92 Å². The molecule has 0 heterocycles. The maximum Gasteiger partial charge on any atom is 0.309 e. The lowest BCUT2D eigenvalue weighted by molar-refractivity contribution is -0.145. The topological polar surface area (TPSA) is 58.6 Å². The van der Waals surface area contributed by atoms with Gasteiger partial charge in [0.2, 0.25) is 5.91 Å². The molecule has 0 saturated heterocycles. The van der Waals surface area contributed by atoms with E-state index in [2.05, 4.69) is 26.1 Å². The number of nitrogens with one attached hydrogen (secondary N) is 1. The summed E-state index contributed by atoms with van der Waals surface area (Å²) in [6.45, 7) is 11.7. The van der Waals surface area contributed by atoms with Crippen LogP contribution in [0.1, 0.15) is 40.2 Å². The molecule has 5 nitrogen and oxygen atoms in total. The number of likely N-dealkylation sites (N-methyl/N-ethyl adjacent to an activating group) is 1. The van der Waals surface area contributed by atoms with Crippen molar-refractivity contribution >= 4 is 17.6 Å². The second-order valence-corrected chi connectivity index (χ2v) is 7.13. The van der Waals surface area contributed by atoms with Crippen molar-refractivity contribution in [1.29, 1.82) is 0 Å². The predicted octanol–water partition coefficient (Wildman–Crippen LogP) is 3.05. The van der Waals surface area contributed by atoms with E-state index in [0.717, 1.165) is 5.69 Å². The number of rotatable bonds is 7. The molecule has 0 radical (unpaired) electrons. The van der Waals surface area contributed by atoms with Gasteiger partial charge in [0, 0.05) is 12.2 Å². The largest absolute Gasteiger partial charge is 0.469 e. The van der Waals surface area contributed by atoms with Crippen LogP contribution in [-0.4, -0.2) is 43.5 Å². The summed E-state index contributed by atoms with van der Waals surface area (Å²) < 4.78 is 4.73. The van der Waals surface area contributed by atoms with Crippen LogP contribution in [0.4, 0.5) is 5.69 Å². The first-order valence-electron chi connectivity index (χ1n) is 8.38. The average molecular weight is 334 g/mol. The molecule has 134 valence electrons. The summed E-state index contributed by atoms with van der Waals surface area (Å²) in [6, 6.07) is 7.91. The number of carbonyl (C=O) groups excluding carboxylic acids is 2. The first kappa shape index (κ1) is 20.2. The van der Waals surface area contributed by atoms with E-state index in [1.807, 2.05) is 36.1 Å². The summed E-state index contributed by atoms with van der Waals surface area (Å²) in [5.74, 6) is -0.599. The normalized spacial score (nSPS) is 12.8. The van der Waals surface area contributed by atoms with Crippen LogP contribution in [0.3, 0.4) is 0 Å². The summed E-state index contributed by atoms with van der Waals surface area (Å²) in [4.78, 5) is 25.6. The van der Waals surface area contributed by atoms with Crippen LogP contribution >= 0.6 is 0 Å². The molecular formula is C19H30N2O3. The fraction of sp³-hybridized carbons (Fsp3) is 0.579. The number of benzene rings is 1. The number of esters is 1. The van der Waals surface area contributed by atoms with Crippen molar-refractivity contribution in [2.45, 2.75) is 40.0 Å². The van der Waals surface area contributed by atoms with Crippen LogP contribution in [0.25, 0.3) is 0 Å². The molecule has 0 bridgehead atoms. The van der Waals surface area contributed by atoms with Crippen molar-refractivity contribution in [3.63, 3.8) is 0 Å². The van der Waals surface area contributed by atoms with Gasteiger partial charge in [0.05, 0.1) is 19.6 Å². The molecule has 1 aromatic carbocycles. The Balaban J connectivity index is 2.59. The van der Waals surface area contributed by atoms with Crippen LogP contribution in [0, 0.1) is 5.92 Å². The summed E-state index contributed by atoms with van der Waals surface area (Å²) in [7, 11) is 1.38. The number of hydrogen-bond acceptors (Lipinski definition) is 4. The Hall–Kier alpha value is -1.88. The lowest BCUT2D eigenvalue weighted by Crippen LogP contribution is -2.38. The van der Waals surface area contributed by atoms with Crippen molar-refractivity contribution in [3.05, 3.63) is 29.8 Å². The zero-order valence-electron chi connectivity index (χ0n) is 15.7. The minimum atomic E-state index is -0.258. The Morgan fingerprint density at radius 3 is 2.25 bits per heavy atom. The molecule has 1 atom stereocenters. The van der Waals surface area contributed by atoms with Crippen molar-refractivity contribution < 1.29 is 14.3 Å². The molecule has 5 heteroatoms. The van der Waals surface area contributed by atoms with Crippen LogP contribution in [-0.2, 0) is 19.7 Å². The lowest BCUT2D eigenvalue weighted by atomic mass is 9.87. The molecule has 0 fully saturated rings. The molecule has 24 heavy (non-hydrogen) atoms. The minimum absolute atomic E-state index is 0.0857. The molecule has 0 aliphatic rings. The van der Waals surface area contributed by atoms with E-state index in [-0.39, 0.29) is 29.8 Å². The lowest BCUT2D eigenvalue weighted by Gasteiger charge is -2.23. The number of ether oxygens (including phenoxy) is 1. The average Bonchev–Trinajstić information content (AvgIpc) is 2.52. The molecule has 1 rings (SSSR count). The highest BCUT2D eigenvalue weighted by atomic mass is 16.5. The molecule has 0 aromatic heterocycles. The fourth-order valence-electron chi connectivity index (χ4n) is 2.43. The van der Waals surface area contributed by atoms with Crippen molar-refractivity contribution in [3.8, 4) is 0 Å². The quantitative estimate of drug-likeness (QED) is 0.779. The van der Waals surface area contributed by atoms with Gasteiger partial charge in [-0.3, -0.25) is 14.5 Å². The minimum Gasteiger partial charge on any atom is -0.469 e. The highest BCUT2D eigenvalue weighted by Crippen LogP contribution is 2.23. The van der Waals surface area contributed by atoms with Gasteiger partial charge in [-0.25, -0.2) is 0 Å². The number of hydrogen-bond donors (Lipinski definition) is 1. The molecule has 1 N–H and O–H groups in total. The Morgan fingerprint density at radius 1 is 1.21 bits per heavy atom. The van der Waals surface area contributed by atoms with Gasteiger partial charge in [-0.2, -0.15) is 0 Å². The van der Waals surface area contributed by atoms with Crippen molar-refractivity contribution in [2.75, 3.05) is 32.1 Å². The SMILES string of the molecule is CCN(CC(=O)Nc1ccc(C(C)(C)C)cc1)CC(C)C(=O)OC. The van der Waals surface area contributed by atoms with Crippen LogP contribution in [0.15, 0.2) is 24.3 Å². The van der Waals surface area contributed by atoms with E-state index >= 15 is 0 Å². The van der Waals surface area contributed by atoms with E-state index in [4.69, 9.17) is 4.74 Å². The molecule has 1 aromatic rings. The third-order valence-electron chi connectivity index (χ3n) is 3.98. The molecule has 0 aliphatic heterocycles. The van der Waals surface area contributed by atoms with E-state index in [1.165, 1.54) is 12.7 Å². The molecular weight excluding hydrogens is 304 g/mol. The van der Waals surface area contributed by atoms with Gasteiger partial charge in [0.25, 0.3) is 0 Å². The van der Waals surface area contributed by atoms with Gasteiger partial charge in [-0.15, -0.1) is 0 Å². The Morgan fingerprint density at radius 2 is 1.79 bits per heavy atom. The van der Waals surface area contributed by atoms with Gasteiger partial charge in [-0.05, 0) is 29.7 Å². The summed E-state index contributed by atoms with van der Waals surface area (Å²) >= 11 is 0. The number of nitrogens with zero attached hydrogens (tertiary/aromatic N) is 1. The monoisotopic (exact) mass is 334 g/mol. The van der Waals surface area contributed by atoms with Crippen molar-refractivity contribution in [1.82, 2.24) is 4.90 Å². The smallest absolute Gasteiger partial charge is 0.309 e. The van der Waals surface area contributed by atoms with Crippen molar-refractivity contribution in [2.24, 2.45) is 5.92 Å². The first-order valence-corrected chi connectivity index (χ1v) is 8.38. The summed E-state index contributed by atoms with van der Waals surface area (Å²) in [6.07, 6.45) is 0. The Kier molecular flexibility index (Phi) is 7.42. The second kappa shape index (κ2) is 8.83. The molecule has 0 saturated carbocycles. The van der Waals surface area contributed by atoms with Gasteiger partial charge < -0.3 is 10.1 Å². The fourth-order valence-corrected chi connectivity index (χ4v) is 2.43. The standard InChI is InChI=1S/C19H30N2O3/c1-7-21(12-14(2)18(23)24-6)13-17(22)20-16-10-8-15(9-11-16)19(3,4)5/h8-11,14H,7,12-13H2,1-6H3,(H,20,22). The number of carbonyl (C=O) groups is 2. The maximum atomic E-state index is 12.2. The highest BCUT2D eigenvalue weighted by Gasteiger charge is 2.19. The molecule has 0 spiro atoms. The number of anilines is 1. The van der Waals surface area contributed by atoms with Gasteiger partial charge >= 0.3 is 5.97 Å². The number of amides is 1. The van der Waals surface area contributed by atoms with E-state index < -0.39 is 0 Å². The third-order valence-corrected chi connectivity index (χ3v) is 3.98. The Bertz CT molecular complexity index is 547. The molecule has 0 aliphatic carbocycles. The van der Waals surface area contributed by atoms with Gasteiger partial charge in [0.1, 0.15) is 0 Å². The zero-order valence-corrected chi connectivity index (χ0v) is 15.7. The predicted molar refractivity (Wildman–Crippen MR) is 97.1 cm³/mol. The molecule has 1 unspecified atom stereocenters. The zero-order chi connectivity index (χ0) is 18.3. The first-order chi connectivity index (χ1) is 11.2. The number of methoxy groups -OCH3 is 1. The van der Waals surface area contributed by atoms with Gasteiger partial charge in [-0.1, -0.05) is 46.8 Å². The van der Waals surface area contributed by atoms with E-state index in [9.17, 15) is 9.59 Å². The van der Waals surface area contributed by atoms with E-state index in [0.29, 0.717) is 13.1 Å². The summed E-state index contributed by atoms with van der Waals surface area (Å²) in [5, 5.41) is 2.91. The third kappa shape index (κ3) is 6.32. The van der Waals surface area contributed by atoms with Gasteiger partial charge in [0.15, 0.2) is 0 Å². The van der Waals surface area contributed by atoms with Crippen LogP contribution in [0.5, 0.6) is 0 Å². The highest BCUT2D eigenvalue weighted by molar-refractivity contribution is 5.92. The van der Waals surface area contributed by atoms with Crippen LogP contribution in [0.2, 0.25) is 0 Å².